The second-order valence-corrected chi connectivity index (χ2v) is 4.58. The van der Waals surface area contributed by atoms with Gasteiger partial charge in [-0.2, -0.15) is 0 Å². The van der Waals surface area contributed by atoms with E-state index in [0.717, 1.165) is 28.8 Å². The molecule has 2 amide bonds. The zero-order valence-electron chi connectivity index (χ0n) is 8.92. The molecule has 1 saturated carbocycles. The number of benzene rings is 1. The molecule has 0 spiro atoms. The van der Waals surface area contributed by atoms with Crippen LogP contribution in [0.25, 0.3) is 0 Å². The minimum atomic E-state index is -0.153. The molecule has 4 nitrogen and oxygen atoms in total. The molecule has 1 aliphatic carbocycles. The first-order chi connectivity index (χ1) is 7.69. The Morgan fingerprint density at radius 2 is 2.25 bits per heavy atom. The SMILES string of the molecule is COc1ccc(NC(=O)NC2CC2)cc1Br. The summed E-state index contributed by atoms with van der Waals surface area (Å²) in [6, 6.07) is 5.62. The molecule has 0 aromatic heterocycles. The average molecular weight is 285 g/mol. The Hall–Kier alpha value is -1.23. The van der Waals surface area contributed by atoms with Gasteiger partial charge >= 0.3 is 6.03 Å². The van der Waals surface area contributed by atoms with Gasteiger partial charge in [0, 0.05) is 11.7 Å². The predicted molar refractivity (Wildman–Crippen MR) is 65.9 cm³/mol. The molecule has 0 saturated heterocycles. The smallest absolute Gasteiger partial charge is 0.319 e. The number of ether oxygens (including phenoxy) is 1. The van der Waals surface area contributed by atoms with Gasteiger partial charge in [-0.3, -0.25) is 0 Å². The number of carbonyl (C=O) groups is 1. The summed E-state index contributed by atoms with van der Waals surface area (Å²) in [6.07, 6.45) is 2.17. The number of nitrogens with one attached hydrogen (secondary N) is 2. The topological polar surface area (TPSA) is 50.4 Å². The van der Waals surface area contributed by atoms with Gasteiger partial charge in [-0.25, -0.2) is 4.79 Å². The fraction of sp³-hybridized carbons (Fsp3) is 0.364. The van der Waals surface area contributed by atoms with Crippen LogP contribution in [0.1, 0.15) is 12.8 Å². The Balaban J connectivity index is 1.97. The Morgan fingerprint density at radius 1 is 1.50 bits per heavy atom. The summed E-state index contributed by atoms with van der Waals surface area (Å²) in [4.78, 5) is 11.5. The van der Waals surface area contributed by atoms with Gasteiger partial charge in [0.05, 0.1) is 11.6 Å². The third-order valence-electron chi connectivity index (χ3n) is 2.32. The van der Waals surface area contributed by atoms with E-state index in [4.69, 9.17) is 4.74 Å². The zero-order chi connectivity index (χ0) is 11.5. The molecule has 0 bridgehead atoms. The van der Waals surface area contributed by atoms with Gasteiger partial charge in [-0.05, 0) is 47.0 Å². The van der Waals surface area contributed by atoms with Crippen molar-refractivity contribution < 1.29 is 9.53 Å². The van der Waals surface area contributed by atoms with Gasteiger partial charge in [-0.1, -0.05) is 0 Å². The second kappa shape index (κ2) is 4.74. The second-order valence-electron chi connectivity index (χ2n) is 3.72. The molecule has 86 valence electrons. The van der Waals surface area contributed by atoms with Crippen molar-refractivity contribution in [3.05, 3.63) is 22.7 Å². The van der Waals surface area contributed by atoms with Gasteiger partial charge in [0.2, 0.25) is 0 Å². The number of hydrogen-bond acceptors (Lipinski definition) is 2. The lowest BCUT2D eigenvalue weighted by Crippen LogP contribution is -2.30. The highest BCUT2D eigenvalue weighted by molar-refractivity contribution is 9.10. The quantitative estimate of drug-likeness (QED) is 0.897. The third-order valence-corrected chi connectivity index (χ3v) is 2.94. The Bertz CT molecular complexity index is 405. The molecule has 16 heavy (non-hydrogen) atoms. The van der Waals surface area contributed by atoms with E-state index in [9.17, 15) is 4.79 Å². The average Bonchev–Trinajstić information content (AvgIpc) is 3.01. The van der Waals surface area contributed by atoms with Crippen molar-refractivity contribution in [1.82, 2.24) is 5.32 Å². The molecule has 0 heterocycles. The molecule has 5 heteroatoms. The largest absolute Gasteiger partial charge is 0.496 e. The van der Waals surface area contributed by atoms with E-state index in [1.807, 2.05) is 6.07 Å². The van der Waals surface area contributed by atoms with E-state index in [0.29, 0.717) is 6.04 Å². The van der Waals surface area contributed by atoms with Gasteiger partial charge in [-0.15, -0.1) is 0 Å². The highest BCUT2D eigenvalue weighted by atomic mass is 79.9. The number of urea groups is 1. The van der Waals surface area contributed by atoms with Crippen LogP contribution in [0.3, 0.4) is 0 Å². The number of methoxy groups -OCH3 is 1. The number of halogens is 1. The van der Waals surface area contributed by atoms with E-state index < -0.39 is 0 Å². The maximum absolute atomic E-state index is 11.5. The zero-order valence-corrected chi connectivity index (χ0v) is 10.5. The summed E-state index contributed by atoms with van der Waals surface area (Å²) in [5, 5.41) is 5.62. The van der Waals surface area contributed by atoms with E-state index in [-0.39, 0.29) is 6.03 Å². The Labute approximate surface area is 102 Å². The van der Waals surface area contributed by atoms with Crippen LogP contribution in [0.4, 0.5) is 10.5 Å². The first-order valence-corrected chi connectivity index (χ1v) is 5.89. The van der Waals surface area contributed by atoms with Gasteiger partial charge in [0.25, 0.3) is 0 Å². The number of amides is 2. The van der Waals surface area contributed by atoms with Gasteiger partial charge < -0.3 is 15.4 Å². The maximum atomic E-state index is 11.5. The summed E-state index contributed by atoms with van der Waals surface area (Å²) in [5.41, 5.74) is 0.742. The van der Waals surface area contributed by atoms with Crippen LogP contribution < -0.4 is 15.4 Å². The van der Waals surface area contributed by atoms with Crippen molar-refractivity contribution in [2.75, 3.05) is 12.4 Å². The number of carbonyl (C=O) groups excluding carboxylic acids is 1. The van der Waals surface area contributed by atoms with Gasteiger partial charge in [0.15, 0.2) is 0 Å². The molecule has 0 aliphatic heterocycles. The molecule has 2 rings (SSSR count). The minimum absolute atomic E-state index is 0.153. The lowest BCUT2D eigenvalue weighted by atomic mass is 10.3. The van der Waals surface area contributed by atoms with Crippen LogP contribution in [0.5, 0.6) is 5.75 Å². The summed E-state index contributed by atoms with van der Waals surface area (Å²) in [6.45, 7) is 0. The maximum Gasteiger partial charge on any atom is 0.319 e. The van der Waals surface area contributed by atoms with Crippen molar-refractivity contribution in [2.45, 2.75) is 18.9 Å². The van der Waals surface area contributed by atoms with Crippen molar-refractivity contribution in [3.63, 3.8) is 0 Å². The molecule has 0 unspecified atom stereocenters. The van der Waals surface area contributed by atoms with Crippen LogP contribution in [-0.2, 0) is 0 Å². The molecular weight excluding hydrogens is 272 g/mol. The molecule has 1 fully saturated rings. The third kappa shape index (κ3) is 2.88. The molecule has 0 radical (unpaired) electrons. The van der Waals surface area contributed by atoms with Crippen molar-refractivity contribution in [1.29, 1.82) is 0 Å². The lowest BCUT2D eigenvalue weighted by molar-refractivity contribution is 0.251. The number of anilines is 1. The van der Waals surface area contributed by atoms with Crippen LogP contribution in [0.15, 0.2) is 22.7 Å². The van der Waals surface area contributed by atoms with E-state index >= 15 is 0 Å². The summed E-state index contributed by atoms with van der Waals surface area (Å²) < 4.78 is 5.92. The molecule has 2 N–H and O–H groups in total. The number of rotatable bonds is 3. The lowest BCUT2D eigenvalue weighted by Gasteiger charge is -2.08. The monoisotopic (exact) mass is 284 g/mol. The van der Waals surface area contributed by atoms with Crippen LogP contribution in [0, 0.1) is 0 Å². The summed E-state index contributed by atoms with van der Waals surface area (Å²) in [7, 11) is 1.60. The first-order valence-electron chi connectivity index (χ1n) is 5.10. The number of hydrogen-bond donors (Lipinski definition) is 2. The fourth-order valence-electron chi connectivity index (χ4n) is 1.32. The highest BCUT2D eigenvalue weighted by Crippen LogP contribution is 2.27. The standard InChI is InChI=1S/C11H13BrN2O2/c1-16-10-5-4-8(6-9(10)12)14-11(15)13-7-2-3-7/h4-7H,2-3H2,1H3,(H2,13,14,15). The van der Waals surface area contributed by atoms with Gasteiger partial charge in [0.1, 0.15) is 5.75 Å². The first kappa shape index (κ1) is 11.3. The fourth-order valence-corrected chi connectivity index (χ4v) is 1.87. The van der Waals surface area contributed by atoms with E-state index in [1.165, 1.54) is 0 Å². The normalized spacial score (nSPS) is 14.4. The van der Waals surface area contributed by atoms with Crippen molar-refractivity contribution in [2.24, 2.45) is 0 Å². The molecule has 1 aliphatic rings. The Morgan fingerprint density at radius 3 is 2.81 bits per heavy atom. The Kier molecular flexibility index (Phi) is 3.33. The van der Waals surface area contributed by atoms with Crippen molar-refractivity contribution in [3.8, 4) is 5.75 Å². The summed E-state index contributed by atoms with van der Waals surface area (Å²) >= 11 is 3.36. The molecule has 1 aromatic carbocycles. The molecule has 0 atom stereocenters. The molecular formula is C11H13BrN2O2. The van der Waals surface area contributed by atoms with Crippen molar-refractivity contribution >= 4 is 27.6 Å². The predicted octanol–water partition coefficient (Wildman–Crippen LogP) is 2.74. The van der Waals surface area contributed by atoms with E-state index in [2.05, 4.69) is 26.6 Å². The van der Waals surface area contributed by atoms with E-state index in [1.54, 1.807) is 19.2 Å². The van der Waals surface area contributed by atoms with Crippen LogP contribution in [0.2, 0.25) is 0 Å². The molecule has 1 aromatic rings. The summed E-state index contributed by atoms with van der Waals surface area (Å²) in [5.74, 6) is 0.744. The minimum Gasteiger partial charge on any atom is -0.496 e. The van der Waals surface area contributed by atoms with Crippen LogP contribution in [-0.4, -0.2) is 19.2 Å². The highest BCUT2D eigenvalue weighted by Gasteiger charge is 2.23. The van der Waals surface area contributed by atoms with Crippen LogP contribution >= 0.6 is 15.9 Å².